The molecular weight excluding hydrogens is 284 g/mol. The molecule has 0 bridgehead atoms. The smallest absolute Gasteiger partial charge is 0.111 e. The lowest BCUT2D eigenvalue weighted by Crippen LogP contribution is -2.07. The Morgan fingerprint density at radius 2 is 2.14 bits per heavy atom. The zero-order valence-electron chi connectivity index (χ0n) is 11.3. The van der Waals surface area contributed by atoms with Crippen LogP contribution in [-0.2, 0) is 13.0 Å². The Bertz CT molecular complexity index is 802. The highest BCUT2D eigenvalue weighted by Crippen LogP contribution is 2.20. The number of hydrogen-bond donors (Lipinski definition) is 0. The Morgan fingerprint density at radius 3 is 2.86 bits per heavy atom. The van der Waals surface area contributed by atoms with E-state index in [1.165, 1.54) is 0 Å². The number of benzene rings is 1. The maximum atomic E-state index is 9.07. The maximum Gasteiger partial charge on any atom is 0.111 e. The normalized spacial score (nSPS) is 10.7. The van der Waals surface area contributed by atoms with Gasteiger partial charge in [0.1, 0.15) is 5.82 Å². The Labute approximate surface area is 127 Å². The fourth-order valence-corrected chi connectivity index (χ4v) is 2.52. The van der Waals surface area contributed by atoms with Crippen LogP contribution in [0.4, 0.5) is 0 Å². The molecule has 0 N–H and O–H groups in total. The van der Waals surface area contributed by atoms with Crippen LogP contribution in [0.5, 0.6) is 0 Å². The van der Waals surface area contributed by atoms with Crippen molar-refractivity contribution in [3.05, 3.63) is 59.7 Å². The fourth-order valence-electron chi connectivity index (χ4n) is 2.35. The van der Waals surface area contributed by atoms with E-state index in [4.69, 9.17) is 16.9 Å². The third-order valence-corrected chi connectivity index (χ3v) is 3.51. The third kappa shape index (κ3) is 2.74. The van der Waals surface area contributed by atoms with Crippen molar-refractivity contribution in [2.24, 2.45) is 0 Å². The van der Waals surface area contributed by atoms with Crippen molar-refractivity contribution in [1.29, 1.82) is 5.26 Å². The minimum absolute atomic E-state index is 0.511. The second-order valence-electron chi connectivity index (χ2n) is 4.69. The molecule has 2 heterocycles. The van der Waals surface area contributed by atoms with Crippen LogP contribution in [0.25, 0.3) is 11.0 Å². The van der Waals surface area contributed by atoms with E-state index >= 15 is 0 Å². The number of nitriles is 1. The van der Waals surface area contributed by atoms with Gasteiger partial charge >= 0.3 is 0 Å². The van der Waals surface area contributed by atoms with Gasteiger partial charge in [-0.2, -0.15) is 5.26 Å². The largest absolute Gasteiger partial charge is 0.322 e. The van der Waals surface area contributed by atoms with Crippen LogP contribution in [-0.4, -0.2) is 20.4 Å². The summed E-state index contributed by atoms with van der Waals surface area (Å²) in [6.07, 6.45) is 2.46. The first kappa shape index (κ1) is 13.6. The number of hydrogen-bond acceptors (Lipinski definition) is 3. The molecule has 0 amide bonds. The summed E-state index contributed by atoms with van der Waals surface area (Å²) in [5.74, 6) is 1.43. The minimum atomic E-state index is 0.511. The van der Waals surface area contributed by atoms with Gasteiger partial charge in [-0.05, 0) is 30.3 Å². The minimum Gasteiger partial charge on any atom is -0.322 e. The van der Waals surface area contributed by atoms with Gasteiger partial charge in [0.05, 0.1) is 34.9 Å². The van der Waals surface area contributed by atoms with Gasteiger partial charge in [0.2, 0.25) is 0 Å². The second kappa shape index (κ2) is 5.94. The van der Waals surface area contributed by atoms with E-state index in [1.807, 2.05) is 30.3 Å². The molecular formula is C16H13ClN4. The molecule has 5 heteroatoms. The van der Waals surface area contributed by atoms with Crippen LogP contribution in [0.1, 0.15) is 17.1 Å². The molecule has 2 aromatic heterocycles. The number of nitrogens with zero attached hydrogens (tertiary/aromatic N) is 4. The van der Waals surface area contributed by atoms with Gasteiger partial charge in [-0.1, -0.05) is 6.07 Å². The van der Waals surface area contributed by atoms with Gasteiger partial charge in [-0.3, -0.25) is 4.98 Å². The van der Waals surface area contributed by atoms with E-state index in [0.29, 0.717) is 24.4 Å². The van der Waals surface area contributed by atoms with Crippen molar-refractivity contribution in [2.75, 3.05) is 5.88 Å². The van der Waals surface area contributed by atoms with E-state index in [-0.39, 0.29) is 0 Å². The molecule has 0 unspecified atom stereocenters. The maximum absolute atomic E-state index is 9.07. The quantitative estimate of drug-likeness (QED) is 0.695. The first-order valence-corrected chi connectivity index (χ1v) is 7.20. The molecule has 0 spiro atoms. The highest BCUT2D eigenvalue weighted by molar-refractivity contribution is 6.17. The molecule has 0 fully saturated rings. The predicted octanol–water partition coefficient (Wildman–Crippen LogP) is 3.13. The average molecular weight is 297 g/mol. The third-order valence-electron chi connectivity index (χ3n) is 3.32. The highest BCUT2D eigenvalue weighted by atomic mass is 35.5. The zero-order valence-corrected chi connectivity index (χ0v) is 12.1. The molecule has 21 heavy (non-hydrogen) atoms. The number of imidazole rings is 1. The summed E-state index contributed by atoms with van der Waals surface area (Å²) in [5.41, 5.74) is 3.40. The highest BCUT2D eigenvalue weighted by Gasteiger charge is 2.12. The van der Waals surface area contributed by atoms with Crippen molar-refractivity contribution in [3.8, 4) is 6.07 Å². The van der Waals surface area contributed by atoms with Crippen LogP contribution in [0, 0.1) is 11.3 Å². The van der Waals surface area contributed by atoms with Gasteiger partial charge in [-0.25, -0.2) is 4.98 Å². The average Bonchev–Trinajstić information content (AvgIpc) is 2.86. The van der Waals surface area contributed by atoms with Crippen LogP contribution in [0.2, 0.25) is 0 Å². The SMILES string of the molecule is N#Cc1ccc2nc(CCCl)n(Cc3ccccn3)c2c1. The molecule has 0 saturated heterocycles. The van der Waals surface area contributed by atoms with Crippen molar-refractivity contribution < 1.29 is 0 Å². The van der Waals surface area contributed by atoms with Gasteiger partial charge in [0.25, 0.3) is 0 Å². The molecule has 0 aliphatic carbocycles. The molecule has 0 aliphatic rings. The molecule has 1 aromatic carbocycles. The van der Waals surface area contributed by atoms with Gasteiger partial charge in [0, 0.05) is 18.5 Å². The van der Waals surface area contributed by atoms with Crippen LogP contribution in [0.3, 0.4) is 0 Å². The molecule has 0 radical (unpaired) electrons. The molecule has 0 saturated carbocycles. The monoisotopic (exact) mass is 296 g/mol. The summed E-state index contributed by atoms with van der Waals surface area (Å²) >= 11 is 5.88. The van der Waals surface area contributed by atoms with Crippen LogP contribution >= 0.6 is 11.6 Å². The summed E-state index contributed by atoms with van der Waals surface area (Å²) in [7, 11) is 0. The van der Waals surface area contributed by atoms with Gasteiger partial charge in [-0.15, -0.1) is 11.6 Å². The Hall–Kier alpha value is -2.38. The standard InChI is InChI=1S/C16H13ClN4/c17-7-6-16-20-14-5-4-12(10-18)9-15(14)21(16)11-13-3-1-2-8-19-13/h1-5,8-9H,6-7,11H2. The number of aromatic nitrogens is 3. The summed E-state index contributed by atoms with van der Waals surface area (Å²) in [6, 6.07) is 13.5. The Balaban J connectivity index is 2.12. The van der Waals surface area contributed by atoms with E-state index in [1.54, 1.807) is 12.3 Å². The topological polar surface area (TPSA) is 54.5 Å². The van der Waals surface area contributed by atoms with E-state index in [0.717, 1.165) is 22.6 Å². The summed E-state index contributed by atoms with van der Waals surface area (Å²) in [4.78, 5) is 8.97. The molecule has 4 nitrogen and oxygen atoms in total. The number of pyridine rings is 1. The summed E-state index contributed by atoms with van der Waals surface area (Å²) in [5, 5.41) is 9.07. The summed E-state index contributed by atoms with van der Waals surface area (Å²) < 4.78 is 2.08. The van der Waals surface area contributed by atoms with Gasteiger partial charge in [0.15, 0.2) is 0 Å². The Morgan fingerprint density at radius 1 is 1.24 bits per heavy atom. The number of fused-ring (bicyclic) bond motifs is 1. The number of halogens is 1. The lowest BCUT2D eigenvalue weighted by atomic mass is 10.2. The number of alkyl halides is 1. The molecule has 3 rings (SSSR count). The van der Waals surface area contributed by atoms with Crippen molar-refractivity contribution in [1.82, 2.24) is 14.5 Å². The number of aryl methyl sites for hydroxylation is 1. The van der Waals surface area contributed by atoms with E-state index in [2.05, 4.69) is 20.6 Å². The molecule has 104 valence electrons. The number of rotatable bonds is 4. The van der Waals surface area contributed by atoms with Crippen LogP contribution < -0.4 is 0 Å². The molecule has 0 aliphatic heterocycles. The first-order valence-electron chi connectivity index (χ1n) is 6.67. The van der Waals surface area contributed by atoms with Crippen molar-refractivity contribution >= 4 is 22.6 Å². The summed E-state index contributed by atoms with van der Waals surface area (Å²) in [6.45, 7) is 0.623. The van der Waals surface area contributed by atoms with Crippen molar-refractivity contribution in [3.63, 3.8) is 0 Å². The van der Waals surface area contributed by atoms with Gasteiger partial charge < -0.3 is 4.57 Å². The molecule has 3 aromatic rings. The zero-order chi connectivity index (χ0) is 14.7. The van der Waals surface area contributed by atoms with E-state index in [9.17, 15) is 0 Å². The second-order valence-corrected chi connectivity index (χ2v) is 5.07. The van der Waals surface area contributed by atoms with Crippen LogP contribution in [0.15, 0.2) is 42.6 Å². The lowest BCUT2D eigenvalue weighted by molar-refractivity contribution is 0.738. The Kier molecular flexibility index (Phi) is 3.85. The van der Waals surface area contributed by atoms with E-state index < -0.39 is 0 Å². The fraction of sp³-hybridized carbons (Fsp3) is 0.188. The molecule has 0 atom stereocenters. The lowest BCUT2D eigenvalue weighted by Gasteiger charge is -2.08. The predicted molar refractivity (Wildman–Crippen MR) is 82.2 cm³/mol. The van der Waals surface area contributed by atoms with Crippen molar-refractivity contribution in [2.45, 2.75) is 13.0 Å². The first-order chi connectivity index (χ1) is 10.3.